The molecule has 0 aliphatic carbocycles. The summed E-state index contributed by atoms with van der Waals surface area (Å²) in [7, 11) is 0. The number of nitrogens with zero attached hydrogens (tertiary/aromatic N) is 1. The average molecular weight is 346 g/mol. The van der Waals surface area contributed by atoms with Crippen LogP contribution in [0.3, 0.4) is 0 Å². The SMILES string of the molecule is NC(=O)c1cnc(NCC2(c3ccccc3)CCOCC2)c(Cl)c1. The van der Waals surface area contributed by atoms with Gasteiger partial charge in [0, 0.05) is 31.4 Å². The Kier molecular flexibility index (Phi) is 5.02. The van der Waals surface area contributed by atoms with Crippen LogP contribution in [0.15, 0.2) is 42.6 Å². The molecule has 0 atom stereocenters. The van der Waals surface area contributed by atoms with Crippen LogP contribution in [0.4, 0.5) is 5.82 Å². The van der Waals surface area contributed by atoms with Crippen molar-refractivity contribution in [1.82, 2.24) is 4.98 Å². The van der Waals surface area contributed by atoms with Crippen LogP contribution in [-0.4, -0.2) is 30.6 Å². The minimum absolute atomic E-state index is 0.0210. The predicted molar refractivity (Wildman–Crippen MR) is 94.4 cm³/mol. The number of hydrogen-bond donors (Lipinski definition) is 2. The van der Waals surface area contributed by atoms with Gasteiger partial charge in [-0.2, -0.15) is 0 Å². The summed E-state index contributed by atoms with van der Waals surface area (Å²) in [5.41, 5.74) is 6.81. The molecule has 0 saturated carbocycles. The van der Waals surface area contributed by atoms with Crippen LogP contribution in [0.1, 0.15) is 28.8 Å². The highest BCUT2D eigenvalue weighted by Gasteiger charge is 2.34. The zero-order valence-electron chi connectivity index (χ0n) is 13.3. The first-order valence-electron chi connectivity index (χ1n) is 7.93. The Balaban J connectivity index is 1.81. The number of halogens is 1. The van der Waals surface area contributed by atoms with Gasteiger partial charge in [0.05, 0.1) is 10.6 Å². The number of primary amides is 1. The molecule has 1 fully saturated rings. The van der Waals surface area contributed by atoms with E-state index in [1.807, 2.05) is 6.07 Å². The van der Waals surface area contributed by atoms with Gasteiger partial charge in [-0.1, -0.05) is 41.9 Å². The van der Waals surface area contributed by atoms with Crippen LogP contribution in [0, 0.1) is 0 Å². The number of benzene rings is 1. The summed E-state index contributed by atoms with van der Waals surface area (Å²) in [6.07, 6.45) is 3.30. The molecule has 0 unspecified atom stereocenters. The molecule has 24 heavy (non-hydrogen) atoms. The van der Waals surface area contributed by atoms with Crippen LogP contribution < -0.4 is 11.1 Å². The minimum Gasteiger partial charge on any atom is -0.381 e. The van der Waals surface area contributed by atoms with E-state index in [1.54, 1.807) is 6.07 Å². The summed E-state index contributed by atoms with van der Waals surface area (Å²) in [4.78, 5) is 15.4. The Labute approximate surface area is 146 Å². The van der Waals surface area contributed by atoms with Crippen molar-refractivity contribution in [3.05, 3.63) is 58.7 Å². The van der Waals surface area contributed by atoms with Gasteiger partial charge in [-0.15, -0.1) is 0 Å². The number of ether oxygens (including phenoxy) is 1. The van der Waals surface area contributed by atoms with E-state index in [2.05, 4.69) is 34.6 Å². The van der Waals surface area contributed by atoms with E-state index in [1.165, 1.54) is 11.8 Å². The van der Waals surface area contributed by atoms with E-state index in [4.69, 9.17) is 22.1 Å². The van der Waals surface area contributed by atoms with Crippen LogP contribution in [0.25, 0.3) is 0 Å². The first kappa shape index (κ1) is 16.7. The van der Waals surface area contributed by atoms with E-state index in [9.17, 15) is 4.79 Å². The Morgan fingerprint density at radius 2 is 2.00 bits per heavy atom. The number of pyridine rings is 1. The Bertz CT molecular complexity index is 715. The molecular weight excluding hydrogens is 326 g/mol. The van der Waals surface area contributed by atoms with Gasteiger partial charge in [0.15, 0.2) is 0 Å². The third-order valence-electron chi connectivity index (χ3n) is 4.56. The number of rotatable bonds is 5. The second kappa shape index (κ2) is 7.20. The van der Waals surface area contributed by atoms with Crippen LogP contribution >= 0.6 is 11.6 Å². The molecule has 2 heterocycles. The fourth-order valence-corrected chi connectivity index (χ4v) is 3.31. The van der Waals surface area contributed by atoms with Crippen LogP contribution in [0.2, 0.25) is 5.02 Å². The van der Waals surface area contributed by atoms with E-state index >= 15 is 0 Å². The molecule has 3 N–H and O–H groups in total. The van der Waals surface area contributed by atoms with Gasteiger partial charge in [-0.25, -0.2) is 4.98 Å². The number of anilines is 1. The van der Waals surface area contributed by atoms with Gasteiger partial charge in [0.25, 0.3) is 0 Å². The zero-order valence-corrected chi connectivity index (χ0v) is 14.1. The largest absolute Gasteiger partial charge is 0.381 e. The smallest absolute Gasteiger partial charge is 0.250 e. The lowest BCUT2D eigenvalue weighted by Gasteiger charge is -2.38. The number of carbonyl (C=O) groups is 1. The van der Waals surface area contributed by atoms with E-state index in [0.717, 1.165) is 26.1 Å². The third-order valence-corrected chi connectivity index (χ3v) is 4.84. The van der Waals surface area contributed by atoms with Crippen molar-refractivity contribution >= 4 is 23.3 Å². The molecule has 1 aliphatic rings. The first-order chi connectivity index (χ1) is 11.6. The number of carbonyl (C=O) groups excluding carboxylic acids is 1. The Hall–Kier alpha value is -2.11. The Morgan fingerprint density at radius 1 is 1.29 bits per heavy atom. The van der Waals surface area contributed by atoms with Gasteiger partial charge in [0.2, 0.25) is 5.91 Å². The fraction of sp³-hybridized carbons (Fsp3) is 0.333. The van der Waals surface area contributed by atoms with Gasteiger partial charge < -0.3 is 15.8 Å². The molecule has 0 spiro atoms. The number of hydrogen-bond acceptors (Lipinski definition) is 4. The average Bonchev–Trinajstić information content (AvgIpc) is 2.62. The van der Waals surface area contributed by atoms with Crippen LogP contribution in [-0.2, 0) is 10.2 Å². The van der Waals surface area contributed by atoms with Crippen molar-refractivity contribution < 1.29 is 9.53 Å². The lowest BCUT2D eigenvalue weighted by molar-refractivity contribution is 0.0543. The quantitative estimate of drug-likeness (QED) is 0.873. The van der Waals surface area contributed by atoms with Crippen molar-refractivity contribution in [2.45, 2.75) is 18.3 Å². The zero-order chi connectivity index (χ0) is 17.0. The van der Waals surface area contributed by atoms with Crippen molar-refractivity contribution in [3.8, 4) is 0 Å². The predicted octanol–water partition coefficient (Wildman–Crippen LogP) is 2.99. The molecule has 1 aromatic heterocycles. The summed E-state index contributed by atoms with van der Waals surface area (Å²) in [6.45, 7) is 2.17. The van der Waals surface area contributed by atoms with Crippen LogP contribution in [0.5, 0.6) is 0 Å². The number of amides is 1. The molecule has 0 bridgehead atoms. The molecule has 126 valence electrons. The van der Waals surface area contributed by atoms with Crippen molar-refractivity contribution in [2.75, 3.05) is 25.1 Å². The van der Waals surface area contributed by atoms with Crippen molar-refractivity contribution in [1.29, 1.82) is 0 Å². The second-order valence-electron chi connectivity index (χ2n) is 6.03. The maximum Gasteiger partial charge on any atom is 0.250 e. The molecular formula is C18H20ClN3O2. The van der Waals surface area contributed by atoms with Gasteiger partial charge in [-0.05, 0) is 24.5 Å². The summed E-state index contributed by atoms with van der Waals surface area (Å²) >= 11 is 6.23. The normalized spacial score (nSPS) is 16.5. The first-order valence-corrected chi connectivity index (χ1v) is 8.31. The summed E-state index contributed by atoms with van der Waals surface area (Å²) in [5, 5.41) is 3.73. The highest BCUT2D eigenvalue weighted by molar-refractivity contribution is 6.33. The monoisotopic (exact) mass is 345 g/mol. The molecule has 1 amide bonds. The molecule has 5 nitrogen and oxygen atoms in total. The topological polar surface area (TPSA) is 77.2 Å². The minimum atomic E-state index is -0.541. The third kappa shape index (κ3) is 3.52. The lowest BCUT2D eigenvalue weighted by atomic mass is 9.74. The number of nitrogens with two attached hydrogens (primary N) is 1. The Morgan fingerprint density at radius 3 is 2.62 bits per heavy atom. The summed E-state index contributed by atoms with van der Waals surface area (Å²) in [5.74, 6) is 0.0181. The second-order valence-corrected chi connectivity index (χ2v) is 6.44. The molecule has 3 rings (SSSR count). The maximum atomic E-state index is 11.2. The molecule has 1 aliphatic heterocycles. The van der Waals surface area contributed by atoms with Gasteiger partial charge in [0.1, 0.15) is 5.82 Å². The molecule has 6 heteroatoms. The van der Waals surface area contributed by atoms with Crippen molar-refractivity contribution in [2.24, 2.45) is 5.73 Å². The number of aromatic nitrogens is 1. The molecule has 1 saturated heterocycles. The van der Waals surface area contributed by atoms with E-state index in [0.29, 0.717) is 22.9 Å². The standard InChI is InChI=1S/C18H20ClN3O2/c19-15-10-13(16(20)23)11-21-17(15)22-12-18(6-8-24-9-7-18)14-4-2-1-3-5-14/h1-5,10-11H,6-9,12H2,(H2,20,23)(H,21,22). The molecule has 1 aromatic carbocycles. The van der Waals surface area contributed by atoms with Gasteiger partial charge in [-0.3, -0.25) is 4.79 Å². The number of nitrogens with one attached hydrogen (secondary N) is 1. The van der Waals surface area contributed by atoms with Crippen molar-refractivity contribution in [3.63, 3.8) is 0 Å². The summed E-state index contributed by atoms with van der Waals surface area (Å²) < 4.78 is 5.54. The van der Waals surface area contributed by atoms with Gasteiger partial charge >= 0.3 is 0 Å². The van der Waals surface area contributed by atoms with E-state index in [-0.39, 0.29) is 5.41 Å². The highest BCUT2D eigenvalue weighted by Crippen LogP contribution is 2.35. The maximum absolute atomic E-state index is 11.2. The molecule has 0 radical (unpaired) electrons. The summed E-state index contributed by atoms with van der Waals surface area (Å²) in [6, 6.07) is 12.0. The fourth-order valence-electron chi connectivity index (χ4n) is 3.08. The lowest BCUT2D eigenvalue weighted by Crippen LogP contribution is -2.40. The highest BCUT2D eigenvalue weighted by atomic mass is 35.5. The van der Waals surface area contributed by atoms with E-state index < -0.39 is 5.91 Å². The molecule has 2 aromatic rings.